The van der Waals surface area contributed by atoms with Crippen molar-refractivity contribution >= 4 is 15.9 Å². The Hall–Kier alpha value is -2.89. The summed E-state index contributed by atoms with van der Waals surface area (Å²) in [7, 11) is -4.46. The second kappa shape index (κ2) is 6.70. The summed E-state index contributed by atoms with van der Waals surface area (Å²) in [6.45, 7) is 0. The molecule has 0 fully saturated rings. The van der Waals surface area contributed by atoms with E-state index in [1.807, 2.05) is 0 Å². The predicted molar refractivity (Wildman–Crippen MR) is 76.2 cm³/mol. The summed E-state index contributed by atoms with van der Waals surface area (Å²) in [6.07, 6.45) is -1.15. The van der Waals surface area contributed by atoms with E-state index < -0.39 is 27.0 Å². The minimum absolute atomic E-state index is 0.0834. The minimum atomic E-state index is -5.05. The van der Waals surface area contributed by atoms with Gasteiger partial charge in [0.2, 0.25) is 0 Å². The van der Waals surface area contributed by atoms with Gasteiger partial charge in [0.1, 0.15) is 16.3 Å². The standard InChI is InChI=1S/C12H10F3N5O3S/c13-12(14,15)23-9-3-1-2-4-10(9)24(21,22)20-19-11(16)8-7-17-5-6-18-8/h1-7,20H,(H2,16,19). The van der Waals surface area contributed by atoms with Crippen LogP contribution < -0.4 is 15.3 Å². The topological polar surface area (TPSA) is 120 Å². The number of rotatable bonds is 5. The van der Waals surface area contributed by atoms with Crippen molar-refractivity contribution in [3.05, 3.63) is 48.5 Å². The lowest BCUT2D eigenvalue weighted by Crippen LogP contribution is -2.26. The van der Waals surface area contributed by atoms with Crippen LogP contribution in [0.25, 0.3) is 0 Å². The molecule has 0 aliphatic carbocycles. The molecule has 0 amide bonds. The van der Waals surface area contributed by atoms with E-state index >= 15 is 0 Å². The molecule has 3 N–H and O–H groups in total. The number of hydrogen-bond donors (Lipinski definition) is 2. The number of alkyl halides is 3. The van der Waals surface area contributed by atoms with Gasteiger partial charge in [0, 0.05) is 12.4 Å². The lowest BCUT2D eigenvalue weighted by Gasteiger charge is -2.13. The Labute approximate surface area is 134 Å². The van der Waals surface area contributed by atoms with Crippen molar-refractivity contribution < 1.29 is 26.3 Å². The van der Waals surface area contributed by atoms with E-state index in [9.17, 15) is 21.6 Å². The lowest BCUT2D eigenvalue weighted by molar-refractivity contribution is -0.275. The Bertz CT molecular complexity index is 841. The van der Waals surface area contributed by atoms with Crippen molar-refractivity contribution in [2.24, 2.45) is 10.8 Å². The van der Waals surface area contributed by atoms with Crippen LogP contribution >= 0.6 is 0 Å². The first-order chi connectivity index (χ1) is 11.2. The second-order valence-electron chi connectivity index (χ2n) is 4.18. The summed E-state index contributed by atoms with van der Waals surface area (Å²) in [5.41, 5.74) is 5.61. The Morgan fingerprint density at radius 1 is 1.25 bits per heavy atom. The van der Waals surface area contributed by atoms with E-state index in [2.05, 4.69) is 19.8 Å². The van der Waals surface area contributed by atoms with Crippen molar-refractivity contribution in [1.82, 2.24) is 14.8 Å². The van der Waals surface area contributed by atoms with Crippen LogP contribution in [0.4, 0.5) is 13.2 Å². The van der Waals surface area contributed by atoms with Crippen molar-refractivity contribution in [3.8, 4) is 5.75 Å². The van der Waals surface area contributed by atoms with Gasteiger partial charge in [-0.2, -0.15) is 13.2 Å². The highest BCUT2D eigenvalue weighted by atomic mass is 32.2. The summed E-state index contributed by atoms with van der Waals surface area (Å²) in [4.78, 5) is 8.48. The van der Waals surface area contributed by atoms with Gasteiger partial charge in [0.15, 0.2) is 5.84 Å². The van der Waals surface area contributed by atoms with E-state index in [0.29, 0.717) is 0 Å². The van der Waals surface area contributed by atoms with Crippen LogP contribution in [0, 0.1) is 0 Å². The van der Waals surface area contributed by atoms with Crippen molar-refractivity contribution in [1.29, 1.82) is 0 Å². The van der Waals surface area contributed by atoms with Crippen LogP contribution in [0.15, 0.2) is 52.9 Å². The quantitative estimate of drug-likeness (QED) is 0.465. The Morgan fingerprint density at radius 3 is 2.58 bits per heavy atom. The zero-order valence-electron chi connectivity index (χ0n) is 11.7. The van der Waals surface area contributed by atoms with E-state index in [1.54, 1.807) is 4.83 Å². The first-order valence-electron chi connectivity index (χ1n) is 6.15. The predicted octanol–water partition coefficient (Wildman–Crippen LogP) is 0.974. The third kappa shape index (κ3) is 4.55. The van der Waals surface area contributed by atoms with Gasteiger partial charge >= 0.3 is 6.36 Å². The maximum atomic E-state index is 12.3. The molecule has 8 nitrogen and oxygen atoms in total. The molecular weight excluding hydrogens is 351 g/mol. The molecule has 12 heteroatoms. The van der Waals surface area contributed by atoms with Crippen LogP contribution in [-0.4, -0.2) is 30.6 Å². The number of nitrogens with one attached hydrogen (secondary N) is 1. The van der Waals surface area contributed by atoms with E-state index in [0.717, 1.165) is 12.1 Å². The average Bonchev–Trinajstić information content (AvgIpc) is 2.52. The fourth-order valence-corrected chi connectivity index (χ4v) is 2.48. The number of hydrazone groups is 1. The fourth-order valence-electron chi connectivity index (χ4n) is 1.53. The van der Waals surface area contributed by atoms with Crippen molar-refractivity contribution in [2.45, 2.75) is 11.3 Å². The maximum absolute atomic E-state index is 12.3. The molecule has 0 spiro atoms. The third-order valence-corrected chi connectivity index (χ3v) is 3.72. The van der Waals surface area contributed by atoms with Gasteiger partial charge in [0.25, 0.3) is 10.0 Å². The molecular formula is C12H10F3N5O3S. The van der Waals surface area contributed by atoms with Crippen LogP contribution in [0.2, 0.25) is 0 Å². The van der Waals surface area contributed by atoms with Gasteiger partial charge in [-0.3, -0.25) is 4.98 Å². The smallest absolute Gasteiger partial charge is 0.404 e. The van der Waals surface area contributed by atoms with Gasteiger partial charge < -0.3 is 10.5 Å². The molecule has 2 rings (SSSR count). The number of ether oxygens (including phenoxy) is 1. The highest BCUT2D eigenvalue weighted by Crippen LogP contribution is 2.29. The molecule has 0 radical (unpaired) electrons. The zero-order chi connectivity index (χ0) is 17.8. The average molecular weight is 361 g/mol. The second-order valence-corrected chi connectivity index (χ2v) is 5.81. The van der Waals surface area contributed by atoms with Crippen molar-refractivity contribution in [3.63, 3.8) is 0 Å². The fraction of sp³-hybridized carbons (Fsp3) is 0.0833. The summed E-state index contributed by atoms with van der Waals surface area (Å²) < 4.78 is 65.0. The number of nitrogens with two attached hydrogens (primary N) is 1. The first kappa shape index (κ1) is 17.5. The highest BCUT2D eigenvalue weighted by Gasteiger charge is 2.34. The Morgan fingerprint density at radius 2 is 1.96 bits per heavy atom. The number of aromatic nitrogens is 2. The molecule has 0 atom stereocenters. The number of benzene rings is 1. The van der Waals surface area contributed by atoms with E-state index in [1.165, 1.54) is 30.7 Å². The van der Waals surface area contributed by atoms with Gasteiger partial charge in [-0.15, -0.1) is 18.3 Å². The molecule has 2 aromatic rings. The SMILES string of the molecule is N/C(=N\NS(=O)(=O)c1ccccc1OC(F)(F)F)c1cnccn1. The summed E-state index contributed by atoms with van der Waals surface area (Å²) in [5.74, 6) is -1.22. The van der Waals surface area contributed by atoms with Crippen LogP contribution in [0.1, 0.15) is 5.69 Å². The summed E-state index contributed by atoms with van der Waals surface area (Å²) in [6, 6.07) is 4.21. The molecule has 0 unspecified atom stereocenters. The molecule has 0 aliphatic heterocycles. The Kier molecular flexibility index (Phi) is 4.87. The first-order valence-corrected chi connectivity index (χ1v) is 7.63. The number of nitrogens with zero attached hydrogens (tertiary/aromatic N) is 3. The number of hydrogen-bond acceptors (Lipinski definition) is 6. The molecule has 0 saturated heterocycles. The molecule has 0 aliphatic rings. The molecule has 128 valence electrons. The molecule has 24 heavy (non-hydrogen) atoms. The van der Waals surface area contributed by atoms with Gasteiger partial charge in [-0.1, -0.05) is 12.1 Å². The molecule has 1 aromatic carbocycles. The number of amidine groups is 1. The van der Waals surface area contributed by atoms with Gasteiger partial charge in [0.05, 0.1) is 6.20 Å². The molecule has 0 saturated carbocycles. The third-order valence-electron chi connectivity index (χ3n) is 2.48. The Balaban J connectivity index is 2.28. The number of sulfonamides is 1. The maximum Gasteiger partial charge on any atom is 0.573 e. The van der Waals surface area contributed by atoms with E-state index in [-0.39, 0.29) is 11.5 Å². The summed E-state index contributed by atoms with van der Waals surface area (Å²) in [5, 5.41) is 3.40. The summed E-state index contributed by atoms with van der Waals surface area (Å²) >= 11 is 0. The lowest BCUT2D eigenvalue weighted by atomic mass is 10.3. The van der Waals surface area contributed by atoms with Crippen LogP contribution in [-0.2, 0) is 10.0 Å². The van der Waals surface area contributed by atoms with E-state index in [4.69, 9.17) is 5.73 Å². The van der Waals surface area contributed by atoms with Gasteiger partial charge in [-0.25, -0.2) is 4.98 Å². The highest BCUT2D eigenvalue weighted by molar-refractivity contribution is 7.89. The number of halogens is 3. The largest absolute Gasteiger partial charge is 0.573 e. The number of para-hydroxylation sites is 1. The monoisotopic (exact) mass is 361 g/mol. The molecule has 0 bridgehead atoms. The van der Waals surface area contributed by atoms with Gasteiger partial charge in [-0.05, 0) is 12.1 Å². The van der Waals surface area contributed by atoms with Crippen LogP contribution in [0.5, 0.6) is 5.75 Å². The normalized spacial score (nSPS) is 12.7. The zero-order valence-corrected chi connectivity index (χ0v) is 12.5. The minimum Gasteiger partial charge on any atom is -0.404 e. The molecule has 1 heterocycles. The van der Waals surface area contributed by atoms with Crippen molar-refractivity contribution in [2.75, 3.05) is 0 Å². The van der Waals surface area contributed by atoms with Crippen LogP contribution in [0.3, 0.4) is 0 Å². The molecule has 1 aromatic heterocycles.